The maximum Gasteiger partial charge on any atom is 0.142 e. The molecule has 2 N–H and O–H groups in total. The van der Waals surface area contributed by atoms with Crippen molar-refractivity contribution in [3.05, 3.63) is 33.6 Å². The van der Waals surface area contributed by atoms with E-state index >= 15 is 0 Å². The topological polar surface area (TPSA) is 26.0 Å². The first-order chi connectivity index (χ1) is 6.15. The van der Waals surface area contributed by atoms with Crippen molar-refractivity contribution in [3.8, 4) is 0 Å². The second-order valence-corrected chi connectivity index (χ2v) is 3.56. The van der Waals surface area contributed by atoms with Crippen LogP contribution in [0.25, 0.3) is 0 Å². The zero-order valence-electron chi connectivity index (χ0n) is 6.99. The van der Waals surface area contributed by atoms with Gasteiger partial charge in [-0.15, -0.1) is 0 Å². The highest BCUT2D eigenvalue weighted by Crippen LogP contribution is 2.24. The van der Waals surface area contributed by atoms with Gasteiger partial charge in [0.1, 0.15) is 5.82 Å². The predicted octanol–water partition coefficient (Wildman–Crippen LogP) is 3.02. The zero-order chi connectivity index (χ0) is 9.84. The summed E-state index contributed by atoms with van der Waals surface area (Å²) in [6, 6.07) is 2.78. The molecular weight excluding hydrogens is 212 g/mol. The highest BCUT2D eigenvalue weighted by molar-refractivity contribution is 6.35. The molecular formula is C9H10Cl2FN. The van der Waals surface area contributed by atoms with Crippen molar-refractivity contribution in [1.29, 1.82) is 0 Å². The Hall–Kier alpha value is -0.310. The van der Waals surface area contributed by atoms with Crippen LogP contribution in [0.5, 0.6) is 0 Å². The van der Waals surface area contributed by atoms with Gasteiger partial charge in [0.25, 0.3) is 0 Å². The summed E-state index contributed by atoms with van der Waals surface area (Å²) in [4.78, 5) is 0. The third-order valence-electron chi connectivity index (χ3n) is 1.74. The number of rotatable bonds is 3. The van der Waals surface area contributed by atoms with Gasteiger partial charge in [-0.1, -0.05) is 23.2 Å². The number of benzene rings is 1. The molecule has 0 aromatic heterocycles. The molecule has 0 bridgehead atoms. The molecule has 0 heterocycles. The van der Waals surface area contributed by atoms with Crippen LogP contribution in [0.15, 0.2) is 12.1 Å². The predicted molar refractivity (Wildman–Crippen MR) is 53.8 cm³/mol. The maximum atomic E-state index is 13.0. The van der Waals surface area contributed by atoms with E-state index in [1.807, 2.05) is 0 Å². The minimum atomic E-state index is -0.432. The molecule has 1 rings (SSSR count). The van der Waals surface area contributed by atoms with Crippen molar-refractivity contribution >= 4 is 23.2 Å². The van der Waals surface area contributed by atoms with Crippen molar-refractivity contribution in [2.24, 2.45) is 5.73 Å². The molecule has 0 spiro atoms. The fraction of sp³-hybridized carbons (Fsp3) is 0.333. The Labute approximate surface area is 86.6 Å². The quantitative estimate of drug-likeness (QED) is 0.781. The van der Waals surface area contributed by atoms with Gasteiger partial charge in [0.15, 0.2) is 0 Å². The highest BCUT2D eigenvalue weighted by atomic mass is 35.5. The molecule has 0 fully saturated rings. The standard InChI is InChI=1S/C9H10Cl2FN/c10-7-5-8(11)9(12)4-6(7)2-1-3-13/h4-5H,1-3,13H2. The van der Waals surface area contributed by atoms with Crippen molar-refractivity contribution in [2.45, 2.75) is 12.8 Å². The molecule has 72 valence electrons. The second-order valence-electron chi connectivity index (χ2n) is 2.75. The van der Waals surface area contributed by atoms with E-state index in [4.69, 9.17) is 28.9 Å². The van der Waals surface area contributed by atoms with Crippen LogP contribution in [-0.4, -0.2) is 6.54 Å². The van der Waals surface area contributed by atoms with Crippen LogP contribution < -0.4 is 5.73 Å². The molecule has 0 amide bonds. The van der Waals surface area contributed by atoms with E-state index in [0.29, 0.717) is 18.0 Å². The molecule has 0 saturated carbocycles. The minimum absolute atomic E-state index is 0.0569. The van der Waals surface area contributed by atoms with Crippen molar-refractivity contribution in [1.82, 2.24) is 0 Å². The van der Waals surface area contributed by atoms with Crippen molar-refractivity contribution in [2.75, 3.05) is 6.54 Å². The molecule has 0 aliphatic heterocycles. The van der Waals surface area contributed by atoms with E-state index in [9.17, 15) is 4.39 Å². The summed E-state index contributed by atoms with van der Waals surface area (Å²) >= 11 is 11.4. The van der Waals surface area contributed by atoms with Gasteiger partial charge in [-0.3, -0.25) is 0 Å². The Balaban J connectivity index is 2.88. The summed E-state index contributed by atoms with van der Waals surface area (Å²) in [5.41, 5.74) is 6.09. The van der Waals surface area contributed by atoms with Gasteiger partial charge in [-0.25, -0.2) is 4.39 Å². The monoisotopic (exact) mass is 221 g/mol. The number of hydrogen-bond acceptors (Lipinski definition) is 1. The Morgan fingerprint density at radius 3 is 2.54 bits per heavy atom. The van der Waals surface area contributed by atoms with Gasteiger partial charge in [-0.05, 0) is 37.1 Å². The molecule has 0 aliphatic rings. The number of hydrogen-bond donors (Lipinski definition) is 1. The zero-order valence-corrected chi connectivity index (χ0v) is 8.50. The lowest BCUT2D eigenvalue weighted by Crippen LogP contribution is -2.01. The van der Waals surface area contributed by atoms with Crippen molar-refractivity contribution < 1.29 is 4.39 Å². The van der Waals surface area contributed by atoms with Gasteiger partial charge in [0, 0.05) is 5.02 Å². The average molecular weight is 222 g/mol. The van der Waals surface area contributed by atoms with E-state index in [-0.39, 0.29) is 5.02 Å². The normalized spacial score (nSPS) is 10.5. The lowest BCUT2D eigenvalue weighted by Gasteiger charge is -2.04. The Bertz CT molecular complexity index is 302. The van der Waals surface area contributed by atoms with E-state index in [2.05, 4.69) is 0 Å². The number of aryl methyl sites for hydroxylation is 1. The van der Waals surface area contributed by atoms with Crippen LogP contribution >= 0.6 is 23.2 Å². The molecule has 1 nitrogen and oxygen atoms in total. The Kier molecular flexibility index (Phi) is 3.97. The van der Waals surface area contributed by atoms with Gasteiger partial charge in [0.05, 0.1) is 5.02 Å². The smallest absolute Gasteiger partial charge is 0.142 e. The average Bonchev–Trinajstić information content (AvgIpc) is 2.09. The van der Waals surface area contributed by atoms with E-state index in [1.165, 1.54) is 12.1 Å². The Morgan fingerprint density at radius 2 is 1.92 bits per heavy atom. The second kappa shape index (κ2) is 4.80. The summed E-state index contributed by atoms with van der Waals surface area (Å²) in [6.07, 6.45) is 1.48. The fourth-order valence-electron chi connectivity index (χ4n) is 1.05. The summed E-state index contributed by atoms with van der Waals surface area (Å²) < 4.78 is 13.0. The molecule has 0 saturated heterocycles. The summed E-state index contributed by atoms with van der Waals surface area (Å²) in [5, 5.41) is 0.557. The number of halogens is 3. The van der Waals surface area contributed by atoms with E-state index < -0.39 is 5.82 Å². The fourth-order valence-corrected chi connectivity index (χ4v) is 1.53. The van der Waals surface area contributed by atoms with Crippen LogP contribution in [0.2, 0.25) is 10.0 Å². The molecule has 0 radical (unpaired) electrons. The SMILES string of the molecule is NCCCc1cc(F)c(Cl)cc1Cl. The van der Waals surface area contributed by atoms with Crippen LogP contribution in [0.4, 0.5) is 4.39 Å². The van der Waals surface area contributed by atoms with Gasteiger partial charge < -0.3 is 5.73 Å². The molecule has 13 heavy (non-hydrogen) atoms. The van der Waals surface area contributed by atoms with Crippen LogP contribution in [0.3, 0.4) is 0 Å². The molecule has 0 aliphatic carbocycles. The van der Waals surface area contributed by atoms with Gasteiger partial charge in [0.2, 0.25) is 0 Å². The first kappa shape index (κ1) is 10.8. The summed E-state index contributed by atoms with van der Waals surface area (Å²) in [7, 11) is 0. The maximum absolute atomic E-state index is 13.0. The largest absolute Gasteiger partial charge is 0.330 e. The number of nitrogens with two attached hydrogens (primary N) is 1. The third kappa shape index (κ3) is 2.83. The summed E-state index contributed by atoms with van der Waals surface area (Å²) in [5.74, 6) is -0.432. The van der Waals surface area contributed by atoms with Crippen LogP contribution in [-0.2, 0) is 6.42 Å². The lowest BCUT2D eigenvalue weighted by molar-refractivity contribution is 0.625. The molecule has 1 aromatic rings. The molecule has 0 atom stereocenters. The van der Waals surface area contributed by atoms with Gasteiger partial charge >= 0.3 is 0 Å². The van der Waals surface area contributed by atoms with Crippen LogP contribution in [0.1, 0.15) is 12.0 Å². The molecule has 1 aromatic carbocycles. The lowest BCUT2D eigenvalue weighted by atomic mass is 10.1. The van der Waals surface area contributed by atoms with Gasteiger partial charge in [-0.2, -0.15) is 0 Å². The Morgan fingerprint density at radius 1 is 1.23 bits per heavy atom. The first-order valence-electron chi connectivity index (χ1n) is 3.98. The first-order valence-corrected chi connectivity index (χ1v) is 4.74. The minimum Gasteiger partial charge on any atom is -0.330 e. The molecule has 4 heteroatoms. The third-order valence-corrected chi connectivity index (χ3v) is 2.38. The summed E-state index contributed by atoms with van der Waals surface area (Å²) in [6.45, 7) is 0.570. The highest BCUT2D eigenvalue weighted by Gasteiger charge is 2.06. The van der Waals surface area contributed by atoms with E-state index in [0.717, 1.165) is 12.0 Å². The molecule has 0 unspecified atom stereocenters. The van der Waals surface area contributed by atoms with Crippen LogP contribution in [0, 0.1) is 5.82 Å². The van der Waals surface area contributed by atoms with E-state index in [1.54, 1.807) is 0 Å². The van der Waals surface area contributed by atoms with Crippen molar-refractivity contribution in [3.63, 3.8) is 0 Å².